The Balaban J connectivity index is 1.45. The maximum absolute atomic E-state index is 12.9. The van der Waals surface area contributed by atoms with E-state index in [4.69, 9.17) is 0 Å². The number of hydrogen-bond donors (Lipinski definition) is 2. The average molecular weight is 421 g/mol. The summed E-state index contributed by atoms with van der Waals surface area (Å²) in [5.74, 6) is 1.03. The Labute approximate surface area is 179 Å². The molecule has 5 rings (SSSR count). The van der Waals surface area contributed by atoms with Gasteiger partial charge in [0, 0.05) is 30.6 Å². The maximum atomic E-state index is 12.9. The topological polar surface area (TPSA) is 78.1 Å². The lowest BCUT2D eigenvalue weighted by Crippen LogP contribution is -2.38. The fraction of sp³-hybridized carbons (Fsp3) is 0.348. The minimum atomic E-state index is 0.0492. The number of nitrogens with zero attached hydrogens (tertiary/aromatic N) is 2. The number of fused-ring (bicyclic) bond motifs is 1. The van der Waals surface area contributed by atoms with Crippen molar-refractivity contribution in [3.63, 3.8) is 0 Å². The number of aromatic amines is 1. The summed E-state index contributed by atoms with van der Waals surface area (Å²) in [6, 6.07) is 5.98. The maximum Gasteiger partial charge on any atom is 0.264 e. The standard InChI is InChI=1S/C23H24N4O2S/c1-13-7-10-30-20(13)23(29)27-9-6-16(14(2)12-27)18-11-19(26-22(28)15-3-4-15)25-21-17(18)5-8-24-21/h5-8,10-11,14-15H,3-4,9,12H2,1-2H3,(H2,24,25,26,28). The normalized spacial score (nSPS) is 19.1. The van der Waals surface area contributed by atoms with Crippen LogP contribution in [0.2, 0.25) is 0 Å². The molecule has 0 bridgehead atoms. The zero-order valence-corrected chi connectivity index (χ0v) is 17.9. The Morgan fingerprint density at radius 1 is 1.30 bits per heavy atom. The highest BCUT2D eigenvalue weighted by Crippen LogP contribution is 2.35. The molecule has 154 valence electrons. The average Bonchev–Trinajstić information content (AvgIpc) is 3.33. The molecule has 7 heteroatoms. The van der Waals surface area contributed by atoms with Crippen LogP contribution in [0.25, 0.3) is 16.6 Å². The highest BCUT2D eigenvalue weighted by atomic mass is 32.1. The minimum Gasteiger partial charge on any atom is -0.346 e. The number of carbonyl (C=O) groups excluding carboxylic acids is 2. The second-order valence-electron chi connectivity index (χ2n) is 8.26. The van der Waals surface area contributed by atoms with Crippen LogP contribution in [0.3, 0.4) is 0 Å². The lowest BCUT2D eigenvalue weighted by atomic mass is 9.89. The monoisotopic (exact) mass is 420 g/mol. The van der Waals surface area contributed by atoms with E-state index in [1.54, 1.807) is 0 Å². The van der Waals surface area contributed by atoms with E-state index in [1.165, 1.54) is 16.9 Å². The van der Waals surface area contributed by atoms with E-state index in [9.17, 15) is 9.59 Å². The Hall–Kier alpha value is -2.93. The van der Waals surface area contributed by atoms with E-state index in [0.717, 1.165) is 39.9 Å². The Kier molecular flexibility index (Phi) is 4.70. The van der Waals surface area contributed by atoms with E-state index < -0.39 is 0 Å². The molecule has 1 aliphatic carbocycles. The van der Waals surface area contributed by atoms with Crippen LogP contribution in [0.5, 0.6) is 0 Å². The van der Waals surface area contributed by atoms with Crippen molar-refractivity contribution in [2.75, 3.05) is 18.4 Å². The lowest BCUT2D eigenvalue weighted by molar-refractivity contribution is -0.117. The number of aromatic nitrogens is 2. The van der Waals surface area contributed by atoms with E-state index in [2.05, 4.69) is 28.3 Å². The van der Waals surface area contributed by atoms with Gasteiger partial charge in [-0.2, -0.15) is 0 Å². The third-order valence-electron chi connectivity index (χ3n) is 5.94. The third kappa shape index (κ3) is 3.43. The van der Waals surface area contributed by atoms with Crippen molar-refractivity contribution in [2.24, 2.45) is 11.8 Å². The van der Waals surface area contributed by atoms with Gasteiger partial charge in [0.2, 0.25) is 5.91 Å². The molecular formula is C23H24N4O2S. The number of hydrogen-bond acceptors (Lipinski definition) is 4. The first-order chi connectivity index (χ1) is 14.5. The second kappa shape index (κ2) is 7.40. The van der Waals surface area contributed by atoms with Gasteiger partial charge in [-0.1, -0.05) is 13.0 Å². The predicted octanol–water partition coefficient (Wildman–Crippen LogP) is 4.46. The number of carbonyl (C=O) groups is 2. The number of thiophene rings is 1. The smallest absolute Gasteiger partial charge is 0.264 e. The summed E-state index contributed by atoms with van der Waals surface area (Å²) < 4.78 is 0. The molecule has 0 aromatic carbocycles. The SMILES string of the molecule is Cc1ccsc1C(=O)N1CC=C(c2cc(NC(=O)C3CC3)nc3[nH]ccc23)C(C)C1. The second-order valence-corrected chi connectivity index (χ2v) is 9.18. The molecule has 0 radical (unpaired) electrons. The highest BCUT2D eigenvalue weighted by molar-refractivity contribution is 7.12. The Bertz CT molecular complexity index is 1170. The first-order valence-corrected chi connectivity index (χ1v) is 11.2. The quantitative estimate of drug-likeness (QED) is 0.654. The van der Waals surface area contributed by atoms with Crippen molar-refractivity contribution >= 4 is 45.6 Å². The van der Waals surface area contributed by atoms with Crippen LogP contribution in [0.1, 0.15) is 40.6 Å². The zero-order chi connectivity index (χ0) is 20.8. The van der Waals surface area contributed by atoms with Gasteiger partial charge in [0.05, 0.1) is 4.88 Å². The summed E-state index contributed by atoms with van der Waals surface area (Å²) in [5, 5.41) is 5.97. The van der Waals surface area contributed by atoms with Crippen molar-refractivity contribution in [1.82, 2.24) is 14.9 Å². The van der Waals surface area contributed by atoms with Gasteiger partial charge < -0.3 is 15.2 Å². The number of aryl methyl sites for hydroxylation is 1. The number of H-pyrrole nitrogens is 1. The van der Waals surface area contributed by atoms with Gasteiger partial charge in [0.15, 0.2) is 0 Å². The molecule has 2 N–H and O–H groups in total. The van der Waals surface area contributed by atoms with Crippen molar-refractivity contribution in [3.05, 3.63) is 51.9 Å². The van der Waals surface area contributed by atoms with Gasteiger partial charge in [-0.3, -0.25) is 9.59 Å². The van der Waals surface area contributed by atoms with Gasteiger partial charge in [-0.05, 0) is 66.0 Å². The molecule has 1 saturated carbocycles. The molecule has 30 heavy (non-hydrogen) atoms. The molecule has 2 aliphatic rings. The van der Waals surface area contributed by atoms with Crippen LogP contribution in [0, 0.1) is 18.8 Å². The summed E-state index contributed by atoms with van der Waals surface area (Å²) in [5.41, 5.74) is 4.06. The summed E-state index contributed by atoms with van der Waals surface area (Å²) in [4.78, 5) is 35.7. The third-order valence-corrected chi connectivity index (χ3v) is 6.94. The first kappa shape index (κ1) is 19.1. The van der Waals surface area contributed by atoms with Crippen LogP contribution >= 0.6 is 11.3 Å². The molecule has 1 aliphatic heterocycles. The highest BCUT2D eigenvalue weighted by Gasteiger charge is 2.31. The zero-order valence-electron chi connectivity index (χ0n) is 17.1. The van der Waals surface area contributed by atoms with Gasteiger partial charge >= 0.3 is 0 Å². The van der Waals surface area contributed by atoms with E-state index in [-0.39, 0.29) is 23.7 Å². The molecular weight excluding hydrogens is 396 g/mol. The molecule has 0 spiro atoms. The van der Waals surface area contributed by atoms with Crippen molar-refractivity contribution < 1.29 is 9.59 Å². The molecule has 2 amide bonds. The van der Waals surface area contributed by atoms with Crippen LogP contribution in [-0.4, -0.2) is 39.8 Å². The first-order valence-electron chi connectivity index (χ1n) is 10.3. The predicted molar refractivity (Wildman–Crippen MR) is 120 cm³/mol. The van der Waals surface area contributed by atoms with Gasteiger partial charge in [-0.15, -0.1) is 11.3 Å². The fourth-order valence-electron chi connectivity index (χ4n) is 4.10. The van der Waals surface area contributed by atoms with E-state index in [0.29, 0.717) is 18.9 Å². The van der Waals surface area contributed by atoms with Crippen molar-refractivity contribution in [3.8, 4) is 0 Å². The number of rotatable bonds is 4. The largest absolute Gasteiger partial charge is 0.346 e. The van der Waals surface area contributed by atoms with Crippen LogP contribution in [0.4, 0.5) is 5.82 Å². The molecule has 3 aromatic heterocycles. The van der Waals surface area contributed by atoms with Crippen LogP contribution < -0.4 is 5.32 Å². The van der Waals surface area contributed by atoms with Gasteiger partial charge in [-0.25, -0.2) is 4.98 Å². The minimum absolute atomic E-state index is 0.0492. The Morgan fingerprint density at radius 3 is 2.83 bits per heavy atom. The molecule has 1 unspecified atom stereocenters. The number of anilines is 1. The van der Waals surface area contributed by atoms with Crippen molar-refractivity contribution in [2.45, 2.75) is 26.7 Å². The molecule has 3 aromatic rings. The molecule has 4 heterocycles. The van der Waals surface area contributed by atoms with E-state index in [1.807, 2.05) is 41.6 Å². The van der Waals surface area contributed by atoms with Gasteiger partial charge in [0.1, 0.15) is 11.5 Å². The molecule has 6 nitrogen and oxygen atoms in total. The summed E-state index contributed by atoms with van der Waals surface area (Å²) >= 11 is 1.50. The molecule has 0 saturated heterocycles. The lowest BCUT2D eigenvalue weighted by Gasteiger charge is -2.31. The number of amides is 2. The summed E-state index contributed by atoms with van der Waals surface area (Å²) in [6.07, 6.45) is 5.93. The van der Waals surface area contributed by atoms with Crippen LogP contribution in [0.15, 0.2) is 35.9 Å². The molecule has 1 fully saturated rings. The van der Waals surface area contributed by atoms with Crippen LogP contribution in [-0.2, 0) is 4.79 Å². The fourth-order valence-corrected chi connectivity index (χ4v) is 5.00. The van der Waals surface area contributed by atoms with Gasteiger partial charge in [0.25, 0.3) is 5.91 Å². The summed E-state index contributed by atoms with van der Waals surface area (Å²) in [7, 11) is 0. The number of pyridine rings is 1. The Morgan fingerprint density at radius 2 is 2.13 bits per heavy atom. The summed E-state index contributed by atoms with van der Waals surface area (Å²) in [6.45, 7) is 5.37. The molecule has 1 atom stereocenters. The van der Waals surface area contributed by atoms with E-state index >= 15 is 0 Å². The number of nitrogens with one attached hydrogen (secondary N) is 2. The van der Waals surface area contributed by atoms with Crippen molar-refractivity contribution in [1.29, 1.82) is 0 Å².